The van der Waals surface area contributed by atoms with Gasteiger partial charge in [0.15, 0.2) is 0 Å². The summed E-state index contributed by atoms with van der Waals surface area (Å²) in [6.45, 7) is 14.2. The number of alkyl carbamates (subject to hydrolysis) is 1. The van der Waals surface area contributed by atoms with E-state index in [0.29, 0.717) is 105 Å². The lowest BCUT2D eigenvalue weighted by molar-refractivity contribution is -0.133. The maximum Gasteiger partial charge on any atom is 0.407 e. The van der Waals surface area contributed by atoms with E-state index in [1.54, 1.807) is 0 Å². The van der Waals surface area contributed by atoms with Crippen LogP contribution in [-0.2, 0) is 38.0 Å². The molecular formula is C28H52N2O9. The first-order chi connectivity index (χ1) is 18.8. The first kappa shape index (κ1) is 37.1. The molecule has 0 saturated heterocycles. The summed E-state index contributed by atoms with van der Waals surface area (Å²) in [6.07, 6.45) is 8.07. The number of nitrogens with one attached hydrogen (secondary N) is 1. The molecule has 0 radical (unpaired) electrons. The van der Waals surface area contributed by atoms with E-state index < -0.39 is 11.7 Å². The topological polar surface area (TPSA) is 114 Å². The second kappa shape index (κ2) is 26.3. The van der Waals surface area contributed by atoms with E-state index in [0.717, 1.165) is 19.3 Å². The monoisotopic (exact) mass is 560 g/mol. The molecule has 228 valence electrons. The predicted molar refractivity (Wildman–Crippen MR) is 149 cm³/mol. The molecule has 0 unspecified atom stereocenters. The number of nitrogens with zero attached hydrogens (tertiary/aromatic N) is 1. The lowest BCUT2D eigenvalue weighted by atomic mass is 10.2. The number of carbonyl (C=O) groups excluding carboxylic acids is 2. The minimum absolute atomic E-state index is 0.0561. The molecule has 39 heavy (non-hydrogen) atoms. The van der Waals surface area contributed by atoms with E-state index in [1.807, 2.05) is 25.7 Å². The maximum atomic E-state index is 12.7. The highest BCUT2D eigenvalue weighted by Gasteiger charge is 2.15. The fraction of sp³-hybridized carbons (Fsp3) is 0.857. The lowest BCUT2D eigenvalue weighted by Gasteiger charge is -2.23. The van der Waals surface area contributed by atoms with Crippen LogP contribution >= 0.6 is 0 Å². The summed E-state index contributed by atoms with van der Waals surface area (Å²) in [4.78, 5) is 26.1. The number of ether oxygens (including phenoxy) is 7. The van der Waals surface area contributed by atoms with Crippen LogP contribution in [0.15, 0.2) is 0 Å². The highest BCUT2D eigenvalue weighted by atomic mass is 16.6. The van der Waals surface area contributed by atoms with E-state index in [-0.39, 0.29) is 5.91 Å². The van der Waals surface area contributed by atoms with Crippen molar-refractivity contribution in [3.8, 4) is 12.3 Å². The Kier molecular flexibility index (Phi) is 25.0. The van der Waals surface area contributed by atoms with Gasteiger partial charge in [0.25, 0.3) is 0 Å². The van der Waals surface area contributed by atoms with E-state index >= 15 is 0 Å². The number of hydrogen-bond donors (Lipinski definition) is 1. The van der Waals surface area contributed by atoms with Crippen LogP contribution in [0.25, 0.3) is 0 Å². The van der Waals surface area contributed by atoms with Gasteiger partial charge in [-0.1, -0.05) is 25.7 Å². The summed E-state index contributed by atoms with van der Waals surface area (Å²) in [5.41, 5.74) is -0.525. The van der Waals surface area contributed by atoms with Crippen LogP contribution in [0.5, 0.6) is 0 Å². The van der Waals surface area contributed by atoms with Gasteiger partial charge in [-0.3, -0.25) is 4.79 Å². The number of rotatable bonds is 26. The molecule has 0 aliphatic rings. The molecule has 2 amide bonds. The van der Waals surface area contributed by atoms with Crippen molar-refractivity contribution in [1.29, 1.82) is 0 Å². The van der Waals surface area contributed by atoms with Gasteiger partial charge in [0.1, 0.15) is 12.2 Å². The van der Waals surface area contributed by atoms with E-state index in [9.17, 15) is 9.59 Å². The molecule has 0 heterocycles. The quantitative estimate of drug-likeness (QED) is 0.126. The first-order valence-corrected chi connectivity index (χ1v) is 13.9. The molecule has 0 aliphatic heterocycles. The van der Waals surface area contributed by atoms with Crippen LogP contribution < -0.4 is 5.32 Å². The normalized spacial score (nSPS) is 11.3. The van der Waals surface area contributed by atoms with Gasteiger partial charge < -0.3 is 43.4 Å². The maximum absolute atomic E-state index is 12.7. The fourth-order valence-corrected chi connectivity index (χ4v) is 3.06. The minimum Gasteiger partial charge on any atom is -0.444 e. The third kappa shape index (κ3) is 27.4. The number of hydrogen-bond acceptors (Lipinski definition) is 9. The van der Waals surface area contributed by atoms with Crippen molar-refractivity contribution < 1.29 is 42.7 Å². The molecule has 0 saturated carbocycles. The van der Waals surface area contributed by atoms with Crippen molar-refractivity contribution in [3.05, 3.63) is 0 Å². The molecule has 1 N–H and O–H groups in total. The van der Waals surface area contributed by atoms with Gasteiger partial charge in [-0.15, -0.1) is 6.42 Å². The standard InChI is InChI=1S/C28H52N2O9/c1-6-8-9-12-30(13-17-36-21-20-35-16-11-29-27(32)39-28(3,4)5)26(31)10-15-34-19-23-38-25-24-37-22-18-33-14-7-2/h2H,6,8-25H2,1,3-5H3,(H,29,32). The zero-order valence-electron chi connectivity index (χ0n) is 24.6. The Morgan fingerprint density at radius 1 is 0.744 bits per heavy atom. The van der Waals surface area contributed by atoms with Crippen LogP contribution in [-0.4, -0.2) is 121 Å². The average molecular weight is 561 g/mol. The van der Waals surface area contributed by atoms with Crippen molar-refractivity contribution in [2.24, 2.45) is 0 Å². The van der Waals surface area contributed by atoms with Gasteiger partial charge in [-0.2, -0.15) is 0 Å². The molecule has 0 fully saturated rings. The Labute approximate surface area is 235 Å². The molecule has 0 aromatic carbocycles. The number of terminal acetylenes is 1. The van der Waals surface area contributed by atoms with Crippen molar-refractivity contribution in [2.45, 2.75) is 59.0 Å². The van der Waals surface area contributed by atoms with Crippen molar-refractivity contribution in [3.63, 3.8) is 0 Å². The van der Waals surface area contributed by atoms with Crippen LogP contribution in [0.3, 0.4) is 0 Å². The Morgan fingerprint density at radius 2 is 1.28 bits per heavy atom. The summed E-state index contributed by atoms with van der Waals surface area (Å²) in [5, 5.41) is 2.64. The minimum atomic E-state index is -0.525. The van der Waals surface area contributed by atoms with Gasteiger partial charge in [0.2, 0.25) is 5.91 Å². The number of carbonyl (C=O) groups is 2. The lowest BCUT2D eigenvalue weighted by Crippen LogP contribution is -2.36. The van der Waals surface area contributed by atoms with Crippen molar-refractivity contribution in [1.82, 2.24) is 10.2 Å². The summed E-state index contributed by atoms with van der Waals surface area (Å²) >= 11 is 0. The van der Waals surface area contributed by atoms with Crippen molar-refractivity contribution in [2.75, 3.05) is 98.9 Å². The van der Waals surface area contributed by atoms with E-state index in [4.69, 9.17) is 39.6 Å². The molecule has 11 heteroatoms. The smallest absolute Gasteiger partial charge is 0.407 e. The molecule has 0 bridgehead atoms. The van der Waals surface area contributed by atoms with Gasteiger partial charge in [-0.05, 0) is 27.2 Å². The molecule has 0 aromatic rings. The van der Waals surface area contributed by atoms with Crippen LogP contribution in [0, 0.1) is 12.3 Å². The summed E-state index contributed by atoms with van der Waals surface area (Å²) < 4.78 is 37.7. The zero-order chi connectivity index (χ0) is 29.0. The first-order valence-electron chi connectivity index (χ1n) is 13.9. The van der Waals surface area contributed by atoms with Gasteiger partial charge >= 0.3 is 6.09 Å². The Balaban J connectivity index is 3.84. The highest BCUT2D eigenvalue weighted by molar-refractivity contribution is 5.76. The molecule has 0 rings (SSSR count). The Hall–Kier alpha value is -1.94. The van der Waals surface area contributed by atoms with E-state index in [2.05, 4.69) is 18.2 Å². The van der Waals surface area contributed by atoms with Gasteiger partial charge in [0, 0.05) is 19.6 Å². The van der Waals surface area contributed by atoms with Gasteiger partial charge in [0.05, 0.1) is 79.1 Å². The predicted octanol–water partition coefficient (Wildman–Crippen LogP) is 2.65. The van der Waals surface area contributed by atoms with Crippen LogP contribution in [0.4, 0.5) is 4.79 Å². The summed E-state index contributed by atoms with van der Waals surface area (Å²) in [5.74, 6) is 2.45. The molecule has 0 atom stereocenters. The zero-order valence-corrected chi connectivity index (χ0v) is 24.6. The fourth-order valence-electron chi connectivity index (χ4n) is 3.06. The molecular weight excluding hydrogens is 508 g/mol. The molecule has 11 nitrogen and oxygen atoms in total. The summed E-state index contributed by atoms with van der Waals surface area (Å²) in [7, 11) is 0. The largest absolute Gasteiger partial charge is 0.444 e. The van der Waals surface area contributed by atoms with Crippen LogP contribution in [0.1, 0.15) is 53.4 Å². The highest BCUT2D eigenvalue weighted by Crippen LogP contribution is 2.06. The Bertz CT molecular complexity index is 636. The van der Waals surface area contributed by atoms with Crippen LogP contribution in [0.2, 0.25) is 0 Å². The second-order valence-corrected chi connectivity index (χ2v) is 9.59. The Morgan fingerprint density at radius 3 is 1.85 bits per heavy atom. The summed E-state index contributed by atoms with van der Waals surface area (Å²) in [6, 6.07) is 0. The third-order valence-electron chi connectivity index (χ3n) is 4.94. The van der Waals surface area contributed by atoms with Crippen molar-refractivity contribution >= 4 is 12.0 Å². The number of unbranched alkanes of at least 4 members (excludes halogenated alkanes) is 2. The second-order valence-electron chi connectivity index (χ2n) is 9.59. The molecule has 0 aliphatic carbocycles. The molecule has 0 aromatic heterocycles. The van der Waals surface area contributed by atoms with Gasteiger partial charge in [-0.25, -0.2) is 4.79 Å². The third-order valence-corrected chi connectivity index (χ3v) is 4.94. The average Bonchev–Trinajstić information content (AvgIpc) is 2.88. The number of amides is 2. The SMILES string of the molecule is C#CCOCCOCCOCCOCCC(=O)N(CCCCC)CCOCCOCCNC(=O)OC(C)(C)C. The molecule has 0 spiro atoms. The van der Waals surface area contributed by atoms with E-state index in [1.165, 1.54) is 0 Å².